The lowest BCUT2D eigenvalue weighted by molar-refractivity contribution is 0.199. The summed E-state index contributed by atoms with van der Waals surface area (Å²) in [7, 11) is 1.72. The van der Waals surface area contributed by atoms with Crippen molar-refractivity contribution in [1.29, 1.82) is 0 Å². The van der Waals surface area contributed by atoms with Crippen molar-refractivity contribution in [3.63, 3.8) is 0 Å². The Kier molecular flexibility index (Phi) is 5.96. The monoisotopic (exact) mass is 223 g/mol. The summed E-state index contributed by atoms with van der Waals surface area (Å²) in [5, 5.41) is 3.33. The minimum Gasteiger partial charge on any atom is -0.383 e. The van der Waals surface area contributed by atoms with E-state index in [0.29, 0.717) is 0 Å². The van der Waals surface area contributed by atoms with E-state index < -0.39 is 0 Å². The predicted octanol–water partition coefficient (Wildman–Crippen LogP) is 1.26. The van der Waals surface area contributed by atoms with E-state index in [4.69, 9.17) is 4.74 Å². The molecule has 4 heteroatoms. The molecule has 0 fully saturated rings. The smallest absolute Gasteiger partial charge is 0.115 e. The molecule has 0 atom stereocenters. The largest absolute Gasteiger partial charge is 0.383 e. The third-order valence-electron chi connectivity index (χ3n) is 2.64. The molecule has 0 aliphatic heterocycles. The van der Waals surface area contributed by atoms with Crippen molar-refractivity contribution in [3.8, 4) is 0 Å². The SMILES string of the molecule is COCCNCCCc1c(C)ncnc1C. The summed E-state index contributed by atoms with van der Waals surface area (Å²) >= 11 is 0. The first-order chi connectivity index (χ1) is 7.75. The normalized spacial score (nSPS) is 10.7. The molecule has 1 aromatic rings. The number of ether oxygens (including phenoxy) is 1. The molecule has 0 bridgehead atoms. The Morgan fingerprint density at radius 1 is 1.19 bits per heavy atom. The van der Waals surface area contributed by atoms with Crippen LogP contribution in [0.4, 0.5) is 0 Å². The number of nitrogens with zero attached hydrogens (tertiary/aromatic N) is 2. The fourth-order valence-electron chi connectivity index (χ4n) is 1.67. The van der Waals surface area contributed by atoms with Crippen molar-refractivity contribution in [2.24, 2.45) is 0 Å². The number of aryl methyl sites for hydroxylation is 2. The molecule has 0 unspecified atom stereocenters. The second-order valence-corrected chi connectivity index (χ2v) is 3.87. The minimum atomic E-state index is 0.770. The predicted molar refractivity (Wildman–Crippen MR) is 64.6 cm³/mol. The Balaban J connectivity index is 2.26. The number of nitrogens with one attached hydrogen (secondary N) is 1. The molecule has 4 nitrogen and oxygen atoms in total. The third-order valence-corrected chi connectivity index (χ3v) is 2.64. The lowest BCUT2D eigenvalue weighted by Gasteiger charge is -2.08. The van der Waals surface area contributed by atoms with Crippen LogP contribution >= 0.6 is 0 Å². The van der Waals surface area contributed by atoms with Crippen LogP contribution in [0.3, 0.4) is 0 Å². The highest BCUT2D eigenvalue weighted by Gasteiger charge is 2.03. The van der Waals surface area contributed by atoms with E-state index in [9.17, 15) is 0 Å². The van der Waals surface area contributed by atoms with Gasteiger partial charge in [-0.1, -0.05) is 0 Å². The van der Waals surface area contributed by atoms with Crippen LogP contribution in [0.1, 0.15) is 23.4 Å². The average Bonchev–Trinajstić information content (AvgIpc) is 2.26. The number of methoxy groups -OCH3 is 1. The van der Waals surface area contributed by atoms with E-state index in [2.05, 4.69) is 15.3 Å². The van der Waals surface area contributed by atoms with E-state index >= 15 is 0 Å². The van der Waals surface area contributed by atoms with Crippen LogP contribution in [-0.2, 0) is 11.2 Å². The molecule has 0 saturated heterocycles. The summed E-state index contributed by atoms with van der Waals surface area (Å²) in [4.78, 5) is 8.43. The lowest BCUT2D eigenvalue weighted by Crippen LogP contribution is -2.20. The van der Waals surface area contributed by atoms with Gasteiger partial charge in [-0.05, 0) is 38.8 Å². The quantitative estimate of drug-likeness (QED) is 0.707. The zero-order chi connectivity index (χ0) is 11.8. The molecular formula is C12H21N3O. The van der Waals surface area contributed by atoms with Crippen molar-refractivity contribution >= 4 is 0 Å². The van der Waals surface area contributed by atoms with E-state index in [1.54, 1.807) is 13.4 Å². The molecule has 1 rings (SSSR count). The van der Waals surface area contributed by atoms with Gasteiger partial charge in [0.05, 0.1) is 6.61 Å². The Morgan fingerprint density at radius 2 is 1.88 bits per heavy atom. The van der Waals surface area contributed by atoms with Crippen LogP contribution in [0.25, 0.3) is 0 Å². The fraction of sp³-hybridized carbons (Fsp3) is 0.667. The van der Waals surface area contributed by atoms with Crippen LogP contribution in [0.2, 0.25) is 0 Å². The Hall–Kier alpha value is -1.00. The molecular weight excluding hydrogens is 202 g/mol. The van der Waals surface area contributed by atoms with Gasteiger partial charge in [0, 0.05) is 25.0 Å². The third kappa shape index (κ3) is 4.24. The van der Waals surface area contributed by atoms with Crippen molar-refractivity contribution < 1.29 is 4.74 Å². The van der Waals surface area contributed by atoms with E-state index in [1.165, 1.54) is 5.56 Å². The van der Waals surface area contributed by atoms with E-state index in [1.807, 2.05) is 13.8 Å². The van der Waals surface area contributed by atoms with Crippen LogP contribution in [0.5, 0.6) is 0 Å². The summed E-state index contributed by atoms with van der Waals surface area (Å²) in [6, 6.07) is 0. The van der Waals surface area contributed by atoms with Crippen LogP contribution in [0.15, 0.2) is 6.33 Å². The molecule has 0 saturated carbocycles. The van der Waals surface area contributed by atoms with Crippen molar-refractivity contribution in [2.75, 3.05) is 26.8 Å². The van der Waals surface area contributed by atoms with E-state index in [-0.39, 0.29) is 0 Å². The molecule has 0 spiro atoms. The maximum absolute atomic E-state index is 4.96. The van der Waals surface area contributed by atoms with Gasteiger partial charge in [0.1, 0.15) is 6.33 Å². The van der Waals surface area contributed by atoms with Crippen molar-refractivity contribution in [2.45, 2.75) is 26.7 Å². The molecule has 1 aromatic heterocycles. The first-order valence-electron chi connectivity index (χ1n) is 5.72. The molecule has 1 heterocycles. The van der Waals surface area contributed by atoms with Gasteiger partial charge in [0.25, 0.3) is 0 Å². The molecule has 16 heavy (non-hydrogen) atoms. The second-order valence-electron chi connectivity index (χ2n) is 3.87. The van der Waals surface area contributed by atoms with Gasteiger partial charge in [-0.3, -0.25) is 0 Å². The highest BCUT2D eigenvalue weighted by atomic mass is 16.5. The number of rotatable bonds is 7. The maximum Gasteiger partial charge on any atom is 0.115 e. The number of aromatic nitrogens is 2. The van der Waals surface area contributed by atoms with Gasteiger partial charge in [0.2, 0.25) is 0 Å². The standard InChI is InChI=1S/C12H21N3O/c1-10-12(11(2)15-9-14-10)5-4-6-13-7-8-16-3/h9,13H,4-8H2,1-3H3. The summed E-state index contributed by atoms with van der Waals surface area (Å²) in [6.45, 7) is 6.79. The van der Waals surface area contributed by atoms with Gasteiger partial charge in [-0.15, -0.1) is 0 Å². The minimum absolute atomic E-state index is 0.770. The van der Waals surface area contributed by atoms with Gasteiger partial charge < -0.3 is 10.1 Å². The van der Waals surface area contributed by atoms with E-state index in [0.717, 1.165) is 43.9 Å². The van der Waals surface area contributed by atoms with Crippen molar-refractivity contribution in [1.82, 2.24) is 15.3 Å². The molecule has 0 aromatic carbocycles. The highest BCUT2D eigenvalue weighted by molar-refractivity contribution is 5.22. The van der Waals surface area contributed by atoms with Gasteiger partial charge >= 0.3 is 0 Å². The fourth-order valence-corrected chi connectivity index (χ4v) is 1.67. The molecule has 0 aliphatic rings. The first-order valence-corrected chi connectivity index (χ1v) is 5.72. The van der Waals surface area contributed by atoms with Gasteiger partial charge in [-0.2, -0.15) is 0 Å². The van der Waals surface area contributed by atoms with Crippen LogP contribution < -0.4 is 5.32 Å². The second kappa shape index (κ2) is 7.30. The number of hydrogen-bond donors (Lipinski definition) is 1. The molecule has 0 aliphatic carbocycles. The molecule has 0 radical (unpaired) electrons. The average molecular weight is 223 g/mol. The number of hydrogen-bond acceptors (Lipinski definition) is 4. The Morgan fingerprint density at radius 3 is 2.50 bits per heavy atom. The topological polar surface area (TPSA) is 47.0 Å². The summed E-state index contributed by atoms with van der Waals surface area (Å²) in [5.41, 5.74) is 3.49. The zero-order valence-electron chi connectivity index (χ0n) is 10.4. The summed E-state index contributed by atoms with van der Waals surface area (Å²) in [6.07, 6.45) is 3.78. The van der Waals surface area contributed by atoms with Crippen LogP contribution in [0, 0.1) is 13.8 Å². The van der Waals surface area contributed by atoms with Crippen molar-refractivity contribution in [3.05, 3.63) is 23.3 Å². The maximum atomic E-state index is 4.96. The highest BCUT2D eigenvalue weighted by Crippen LogP contribution is 2.10. The lowest BCUT2D eigenvalue weighted by atomic mass is 10.1. The molecule has 90 valence electrons. The zero-order valence-corrected chi connectivity index (χ0v) is 10.4. The van der Waals surface area contributed by atoms with Gasteiger partial charge in [0.15, 0.2) is 0 Å². The molecule has 0 amide bonds. The van der Waals surface area contributed by atoms with Gasteiger partial charge in [-0.25, -0.2) is 9.97 Å². The summed E-state index contributed by atoms with van der Waals surface area (Å²) < 4.78 is 4.96. The Labute approximate surface area is 97.5 Å². The Bertz CT molecular complexity index is 295. The molecule has 1 N–H and O–H groups in total. The summed E-state index contributed by atoms with van der Waals surface area (Å²) in [5.74, 6) is 0. The first kappa shape index (κ1) is 13.1. The van der Waals surface area contributed by atoms with Crippen LogP contribution in [-0.4, -0.2) is 36.8 Å².